The molecule has 0 aliphatic rings. The number of benzene rings is 1. The first-order valence-corrected chi connectivity index (χ1v) is 7.06. The minimum Gasteiger partial charge on any atom is -0.369 e. The second-order valence-corrected chi connectivity index (χ2v) is 5.09. The number of aromatic nitrogens is 3. The molecule has 0 radical (unpaired) electrons. The van der Waals surface area contributed by atoms with Gasteiger partial charge in [0.25, 0.3) is 0 Å². The summed E-state index contributed by atoms with van der Waals surface area (Å²) in [4.78, 5) is 11.5. The zero-order chi connectivity index (χ0) is 14.5. The number of H-pyrrole nitrogens is 1. The first-order valence-electron chi connectivity index (χ1n) is 7.06. The van der Waals surface area contributed by atoms with E-state index in [1.807, 2.05) is 30.6 Å². The van der Waals surface area contributed by atoms with Crippen LogP contribution in [0.25, 0.3) is 11.3 Å². The topological polar surface area (TPSA) is 53.6 Å². The van der Waals surface area contributed by atoms with Crippen LogP contribution in [0.5, 0.6) is 0 Å². The maximum Gasteiger partial charge on any atom is 0.126 e. The number of nitrogens with zero attached hydrogens (tertiary/aromatic N) is 2. The van der Waals surface area contributed by atoms with Gasteiger partial charge in [-0.2, -0.15) is 0 Å². The van der Waals surface area contributed by atoms with E-state index in [1.54, 1.807) is 6.33 Å². The average Bonchev–Trinajstić information content (AvgIpc) is 3.08. The van der Waals surface area contributed by atoms with Gasteiger partial charge in [-0.25, -0.2) is 9.97 Å². The fourth-order valence-electron chi connectivity index (χ4n) is 2.27. The van der Waals surface area contributed by atoms with E-state index >= 15 is 0 Å². The molecule has 2 aromatic heterocycles. The van der Waals surface area contributed by atoms with Gasteiger partial charge < -0.3 is 10.3 Å². The monoisotopic (exact) mass is 278 g/mol. The number of imidazole rings is 1. The van der Waals surface area contributed by atoms with Gasteiger partial charge in [0.1, 0.15) is 5.82 Å². The van der Waals surface area contributed by atoms with Gasteiger partial charge in [0.2, 0.25) is 0 Å². The molecule has 0 saturated heterocycles. The third kappa shape index (κ3) is 3.28. The lowest BCUT2D eigenvalue weighted by molar-refractivity contribution is 0.801. The summed E-state index contributed by atoms with van der Waals surface area (Å²) in [6, 6.07) is 14.5. The van der Waals surface area contributed by atoms with Gasteiger partial charge in [0, 0.05) is 18.3 Å². The summed E-state index contributed by atoms with van der Waals surface area (Å²) in [5.41, 5.74) is 3.41. The molecule has 106 valence electrons. The lowest BCUT2D eigenvalue weighted by Gasteiger charge is -2.13. The van der Waals surface area contributed by atoms with Crippen molar-refractivity contribution in [3.05, 3.63) is 66.7 Å². The van der Waals surface area contributed by atoms with Crippen molar-refractivity contribution in [3.63, 3.8) is 0 Å². The van der Waals surface area contributed by atoms with Gasteiger partial charge in [0.05, 0.1) is 18.2 Å². The number of hydrogen-bond donors (Lipinski definition) is 2. The molecular formula is C17H18N4. The Balaban J connectivity index is 1.67. The smallest absolute Gasteiger partial charge is 0.126 e. The van der Waals surface area contributed by atoms with E-state index in [9.17, 15) is 0 Å². The highest BCUT2D eigenvalue weighted by molar-refractivity contribution is 5.61. The van der Waals surface area contributed by atoms with E-state index in [0.29, 0.717) is 5.92 Å². The Kier molecular flexibility index (Phi) is 3.96. The van der Waals surface area contributed by atoms with E-state index < -0.39 is 0 Å². The fourth-order valence-corrected chi connectivity index (χ4v) is 2.27. The first-order chi connectivity index (χ1) is 10.3. The molecule has 0 saturated carbocycles. The van der Waals surface area contributed by atoms with Crippen LogP contribution in [0.2, 0.25) is 0 Å². The van der Waals surface area contributed by atoms with Crippen LogP contribution in [0.3, 0.4) is 0 Å². The molecule has 1 aromatic carbocycles. The summed E-state index contributed by atoms with van der Waals surface area (Å²) in [6.07, 6.45) is 5.30. The first kappa shape index (κ1) is 13.4. The molecule has 2 heterocycles. The van der Waals surface area contributed by atoms with Crippen LogP contribution in [0, 0.1) is 0 Å². The molecule has 4 heteroatoms. The molecule has 0 fully saturated rings. The molecule has 0 aliphatic carbocycles. The molecule has 0 amide bonds. The van der Waals surface area contributed by atoms with Gasteiger partial charge in [-0.15, -0.1) is 0 Å². The van der Waals surface area contributed by atoms with Crippen LogP contribution in [0.4, 0.5) is 5.82 Å². The lowest BCUT2D eigenvalue weighted by atomic mass is 10.0. The molecule has 2 N–H and O–H groups in total. The Hall–Kier alpha value is -2.62. The standard InChI is InChI=1S/C17H18N4/c1-13(14-5-3-2-4-6-14)10-20-17-9-15(7-8-19-17)16-11-18-12-21-16/h2-9,11-13H,10H2,1H3,(H,18,21)(H,19,20). The van der Waals surface area contributed by atoms with Gasteiger partial charge in [-0.1, -0.05) is 37.3 Å². The molecule has 3 rings (SSSR count). The van der Waals surface area contributed by atoms with Gasteiger partial charge in [0.15, 0.2) is 0 Å². The van der Waals surface area contributed by atoms with E-state index in [2.05, 4.69) is 51.5 Å². The Morgan fingerprint density at radius 3 is 2.81 bits per heavy atom. The van der Waals surface area contributed by atoms with Crippen LogP contribution in [-0.2, 0) is 0 Å². The van der Waals surface area contributed by atoms with E-state index in [-0.39, 0.29) is 0 Å². The van der Waals surface area contributed by atoms with Crippen molar-refractivity contribution in [3.8, 4) is 11.3 Å². The summed E-state index contributed by atoms with van der Waals surface area (Å²) in [5, 5.41) is 3.40. The Morgan fingerprint density at radius 2 is 2.05 bits per heavy atom. The number of rotatable bonds is 5. The van der Waals surface area contributed by atoms with E-state index in [0.717, 1.165) is 23.6 Å². The summed E-state index contributed by atoms with van der Waals surface area (Å²) >= 11 is 0. The van der Waals surface area contributed by atoms with Crippen LogP contribution in [-0.4, -0.2) is 21.5 Å². The van der Waals surface area contributed by atoms with Gasteiger partial charge in [-0.3, -0.25) is 0 Å². The van der Waals surface area contributed by atoms with Crippen LogP contribution >= 0.6 is 0 Å². The molecule has 1 atom stereocenters. The number of aromatic amines is 1. The molecule has 0 bridgehead atoms. The zero-order valence-electron chi connectivity index (χ0n) is 12.0. The van der Waals surface area contributed by atoms with E-state index in [1.165, 1.54) is 5.56 Å². The van der Waals surface area contributed by atoms with Crippen molar-refractivity contribution < 1.29 is 0 Å². The normalized spacial score (nSPS) is 12.0. The highest BCUT2D eigenvalue weighted by Crippen LogP contribution is 2.20. The number of hydrogen-bond acceptors (Lipinski definition) is 3. The minimum atomic E-state index is 0.434. The van der Waals surface area contributed by atoms with Crippen LogP contribution < -0.4 is 5.32 Å². The summed E-state index contributed by atoms with van der Waals surface area (Å²) in [5.74, 6) is 1.31. The Bertz CT molecular complexity index is 677. The number of nitrogens with one attached hydrogen (secondary N) is 2. The van der Waals surface area contributed by atoms with Crippen molar-refractivity contribution in [2.24, 2.45) is 0 Å². The maximum atomic E-state index is 4.37. The van der Waals surface area contributed by atoms with Crippen molar-refractivity contribution >= 4 is 5.82 Å². The highest BCUT2D eigenvalue weighted by atomic mass is 15.0. The maximum absolute atomic E-state index is 4.37. The minimum absolute atomic E-state index is 0.434. The summed E-state index contributed by atoms with van der Waals surface area (Å²) in [7, 11) is 0. The van der Waals surface area contributed by atoms with Gasteiger partial charge >= 0.3 is 0 Å². The third-order valence-electron chi connectivity index (χ3n) is 3.53. The van der Waals surface area contributed by atoms with Gasteiger partial charge in [-0.05, 0) is 23.6 Å². The molecule has 0 spiro atoms. The van der Waals surface area contributed by atoms with Crippen LogP contribution in [0.1, 0.15) is 18.4 Å². The molecule has 1 unspecified atom stereocenters. The third-order valence-corrected chi connectivity index (χ3v) is 3.53. The van der Waals surface area contributed by atoms with Crippen LogP contribution in [0.15, 0.2) is 61.2 Å². The van der Waals surface area contributed by atoms with Crippen molar-refractivity contribution in [1.29, 1.82) is 0 Å². The second-order valence-electron chi connectivity index (χ2n) is 5.09. The zero-order valence-corrected chi connectivity index (χ0v) is 12.0. The number of pyridine rings is 1. The highest BCUT2D eigenvalue weighted by Gasteiger charge is 2.06. The predicted molar refractivity (Wildman–Crippen MR) is 85.2 cm³/mol. The summed E-state index contributed by atoms with van der Waals surface area (Å²) < 4.78 is 0. The SMILES string of the molecule is CC(CNc1cc(-c2cnc[nH]2)ccn1)c1ccccc1. The molecule has 21 heavy (non-hydrogen) atoms. The largest absolute Gasteiger partial charge is 0.369 e. The summed E-state index contributed by atoms with van der Waals surface area (Å²) in [6.45, 7) is 3.06. The molecule has 4 nitrogen and oxygen atoms in total. The lowest BCUT2D eigenvalue weighted by Crippen LogP contribution is -2.10. The Morgan fingerprint density at radius 1 is 1.19 bits per heavy atom. The van der Waals surface area contributed by atoms with Crippen molar-refractivity contribution in [1.82, 2.24) is 15.0 Å². The van der Waals surface area contributed by atoms with Crippen molar-refractivity contribution in [2.75, 3.05) is 11.9 Å². The fraction of sp³-hybridized carbons (Fsp3) is 0.176. The Labute approximate surface area is 124 Å². The molecular weight excluding hydrogens is 260 g/mol. The van der Waals surface area contributed by atoms with E-state index in [4.69, 9.17) is 0 Å². The predicted octanol–water partition coefficient (Wildman–Crippen LogP) is 3.69. The quantitative estimate of drug-likeness (QED) is 0.748. The number of anilines is 1. The molecule has 3 aromatic rings. The second kappa shape index (κ2) is 6.22. The van der Waals surface area contributed by atoms with Crippen molar-refractivity contribution in [2.45, 2.75) is 12.8 Å². The molecule has 0 aliphatic heterocycles. The average molecular weight is 278 g/mol.